The van der Waals surface area contributed by atoms with Gasteiger partial charge in [-0.2, -0.15) is 12.6 Å². The third kappa shape index (κ3) is 4.33. The van der Waals surface area contributed by atoms with Crippen LogP contribution in [0.25, 0.3) is 0 Å². The highest BCUT2D eigenvalue weighted by Crippen LogP contribution is 2.28. The molecule has 1 heterocycles. The average molecular weight is 231 g/mol. The summed E-state index contributed by atoms with van der Waals surface area (Å²) >= 11 is 4.44. The Morgan fingerprint density at radius 2 is 2.13 bits per heavy atom. The maximum absolute atomic E-state index is 9.61. The molecule has 2 unspecified atom stereocenters. The number of aliphatic hydroxyl groups is 1. The molecule has 1 aliphatic heterocycles. The summed E-state index contributed by atoms with van der Waals surface area (Å²) < 4.78 is 0. The second kappa shape index (κ2) is 5.55. The first kappa shape index (κ1) is 13.3. The van der Waals surface area contributed by atoms with E-state index in [2.05, 4.69) is 38.3 Å². The molecule has 15 heavy (non-hydrogen) atoms. The molecule has 1 saturated heterocycles. The average Bonchev–Trinajstić information content (AvgIpc) is 2.12. The summed E-state index contributed by atoms with van der Waals surface area (Å²) in [4.78, 5) is 2.39. The van der Waals surface area contributed by atoms with Crippen LogP contribution in [0.5, 0.6) is 0 Å². The summed E-state index contributed by atoms with van der Waals surface area (Å²) in [5, 5.41) is 9.61. The molecular formula is C12H25NOS. The maximum atomic E-state index is 9.61. The van der Waals surface area contributed by atoms with Gasteiger partial charge in [-0.3, -0.25) is 0 Å². The third-order valence-electron chi connectivity index (χ3n) is 3.40. The number of thiol groups is 1. The normalized spacial score (nSPS) is 26.6. The molecule has 3 heteroatoms. The summed E-state index contributed by atoms with van der Waals surface area (Å²) in [6.45, 7) is 9.87. The monoisotopic (exact) mass is 231 g/mol. The molecule has 2 atom stereocenters. The van der Waals surface area contributed by atoms with Gasteiger partial charge >= 0.3 is 0 Å². The van der Waals surface area contributed by atoms with Crippen molar-refractivity contribution in [3.63, 3.8) is 0 Å². The molecule has 0 bridgehead atoms. The van der Waals surface area contributed by atoms with Gasteiger partial charge in [-0.25, -0.2) is 0 Å². The molecule has 0 saturated carbocycles. The Morgan fingerprint density at radius 1 is 1.47 bits per heavy atom. The quantitative estimate of drug-likeness (QED) is 0.726. The minimum atomic E-state index is -0.112. The number of rotatable bonds is 3. The topological polar surface area (TPSA) is 23.5 Å². The van der Waals surface area contributed by atoms with Gasteiger partial charge in [-0.1, -0.05) is 20.8 Å². The Kier molecular flexibility index (Phi) is 4.94. The fraction of sp³-hybridized carbons (Fsp3) is 1.00. The van der Waals surface area contributed by atoms with Crippen molar-refractivity contribution in [1.29, 1.82) is 0 Å². The number of aliphatic hydroxyl groups excluding tert-OH is 1. The molecule has 0 aromatic rings. The van der Waals surface area contributed by atoms with E-state index in [4.69, 9.17) is 0 Å². The molecule has 0 aromatic heterocycles. The van der Waals surface area contributed by atoms with Gasteiger partial charge in [-0.15, -0.1) is 0 Å². The molecule has 0 amide bonds. The molecule has 1 N–H and O–H groups in total. The van der Waals surface area contributed by atoms with Gasteiger partial charge in [0, 0.05) is 13.1 Å². The van der Waals surface area contributed by atoms with E-state index in [1.165, 1.54) is 0 Å². The van der Waals surface area contributed by atoms with Crippen LogP contribution in [0.1, 0.15) is 33.6 Å². The molecule has 1 fully saturated rings. The van der Waals surface area contributed by atoms with Crippen LogP contribution in [0.3, 0.4) is 0 Å². The lowest BCUT2D eigenvalue weighted by molar-refractivity contribution is 0.0519. The highest BCUT2D eigenvalue weighted by molar-refractivity contribution is 7.80. The number of hydrogen-bond donors (Lipinski definition) is 2. The second-order valence-electron chi connectivity index (χ2n) is 5.80. The molecule has 2 nitrogen and oxygen atoms in total. The fourth-order valence-electron chi connectivity index (χ4n) is 2.11. The van der Waals surface area contributed by atoms with Gasteiger partial charge in [0.15, 0.2) is 0 Å². The van der Waals surface area contributed by atoms with Crippen LogP contribution in [0.15, 0.2) is 0 Å². The van der Waals surface area contributed by atoms with Gasteiger partial charge in [0.1, 0.15) is 0 Å². The Morgan fingerprint density at radius 3 is 2.60 bits per heavy atom. The van der Waals surface area contributed by atoms with Crippen LogP contribution in [0, 0.1) is 11.3 Å². The van der Waals surface area contributed by atoms with Crippen LogP contribution >= 0.6 is 12.6 Å². The van der Waals surface area contributed by atoms with E-state index in [0.717, 1.165) is 38.2 Å². The van der Waals surface area contributed by atoms with Crippen molar-refractivity contribution in [2.24, 2.45) is 11.3 Å². The van der Waals surface area contributed by atoms with Crippen molar-refractivity contribution in [3.05, 3.63) is 0 Å². The Hall–Kier alpha value is 0.270. The Labute approximate surface area is 99.5 Å². The standard InChI is InChI=1S/C12H25NOS/c1-12(2,3)10(9-15)7-13-6-4-5-11(14)8-13/h10-11,14-15H,4-9H2,1-3H3. The van der Waals surface area contributed by atoms with Crippen LogP contribution in [0.4, 0.5) is 0 Å². The van der Waals surface area contributed by atoms with Gasteiger partial charge in [0.2, 0.25) is 0 Å². The molecular weight excluding hydrogens is 206 g/mol. The summed E-state index contributed by atoms with van der Waals surface area (Å²) in [6.07, 6.45) is 1.99. The zero-order chi connectivity index (χ0) is 11.5. The highest BCUT2D eigenvalue weighted by Gasteiger charge is 2.27. The van der Waals surface area contributed by atoms with Crippen molar-refractivity contribution in [1.82, 2.24) is 4.90 Å². The molecule has 0 aliphatic carbocycles. The fourth-order valence-corrected chi connectivity index (χ4v) is 2.78. The molecule has 90 valence electrons. The predicted molar refractivity (Wildman–Crippen MR) is 68.5 cm³/mol. The minimum Gasteiger partial charge on any atom is -0.392 e. The van der Waals surface area contributed by atoms with Crippen molar-refractivity contribution < 1.29 is 5.11 Å². The van der Waals surface area contributed by atoms with E-state index in [9.17, 15) is 5.11 Å². The van der Waals surface area contributed by atoms with Crippen LogP contribution in [-0.2, 0) is 0 Å². The minimum absolute atomic E-state index is 0.112. The van der Waals surface area contributed by atoms with E-state index in [-0.39, 0.29) is 6.10 Å². The molecule has 0 spiro atoms. The number of likely N-dealkylation sites (tertiary alicyclic amines) is 1. The summed E-state index contributed by atoms with van der Waals surface area (Å²) in [5.41, 5.74) is 0.310. The van der Waals surface area contributed by atoms with Gasteiger partial charge < -0.3 is 10.0 Å². The van der Waals surface area contributed by atoms with Crippen molar-refractivity contribution >= 4 is 12.6 Å². The SMILES string of the molecule is CC(C)(C)C(CS)CN1CCCC(O)C1. The molecule has 1 aliphatic rings. The summed E-state index contributed by atoms with van der Waals surface area (Å²) in [7, 11) is 0. The third-order valence-corrected chi connectivity index (χ3v) is 3.85. The maximum Gasteiger partial charge on any atom is 0.0667 e. The number of piperidine rings is 1. The van der Waals surface area contributed by atoms with Gasteiger partial charge in [0.05, 0.1) is 6.10 Å². The van der Waals surface area contributed by atoms with Crippen LogP contribution in [-0.4, -0.2) is 41.5 Å². The first-order valence-electron chi connectivity index (χ1n) is 5.94. The van der Waals surface area contributed by atoms with Crippen molar-refractivity contribution in [3.8, 4) is 0 Å². The molecule has 0 aromatic carbocycles. The van der Waals surface area contributed by atoms with E-state index in [1.54, 1.807) is 0 Å². The summed E-state index contributed by atoms with van der Waals surface area (Å²) in [5.74, 6) is 1.53. The first-order valence-corrected chi connectivity index (χ1v) is 6.58. The lowest BCUT2D eigenvalue weighted by Crippen LogP contribution is -2.43. The molecule has 1 rings (SSSR count). The molecule has 0 radical (unpaired) electrons. The largest absolute Gasteiger partial charge is 0.392 e. The lowest BCUT2D eigenvalue weighted by atomic mass is 9.81. The van der Waals surface area contributed by atoms with Crippen LogP contribution in [0.2, 0.25) is 0 Å². The van der Waals surface area contributed by atoms with Gasteiger partial charge in [0.25, 0.3) is 0 Å². The lowest BCUT2D eigenvalue weighted by Gasteiger charge is -2.37. The zero-order valence-corrected chi connectivity index (χ0v) is 11.1. The van der Waals surface area contributed by atoms with Crippen LogP contribution < -0.4 is 0 Å². The number of β-amino-alcohol motifs (C(OH)–C–C–N with tert-alkyl or cyclic N) is 1. The van der Waals surface area contributed by atoms with E-state index < -0.39 is 0 Å². The van der Waals surface area contributed by atoms with E-state index in [1.807, 2.05) is 0 Å². The smallest absolute Gasteiger partial charge is 0.0667 e. The summed E-state index contributed by atoms with van der Waals surface area (Å²) in [6, 6.07) is 0. The van der Waals surface area contributed by atoms with Crippen molar-refractivity contribution in [2.75, 3.05) is 25.4 Å². The van der Waals surface area contributed by atoms with E-state index in [0.29, 0.717) is 11.3 Å². The Balaban J connectivity index is 2.44. The predicted octanol–water partition coefficient (Wildman–Crippen LogP) is 2.04. The van der Waals surface area contributed by atoms with E-state index >= 15 is 0 Å². The number of hydrogen-bond acceptors (Lipinski definition) is 3. The van der Waals surface area contributed by atoms with Gasteiger partial charge in [-0.05, 0) is 36.5 Å². The second-order valence-corrected chi connectivity index (χ2v) is 6.17. The first-order chi connectivity index (χ1) is 6.93. The van der Waals surface area contributed by atoms with Crippen molar-refractivity contribution in [2.45, 2.75) is 39.7 Å². The number of nitrogens with zero attached hydrogens (tertiary/aromatic N) is 1. The zero-order valence-electron chi connectivity index (χ0n) is 10.2. The highest BCUT2D eigenvalue weighted by atomic mass is 32.1. The Bertz CT molecular complexity index is 191.